The van der Waals surface area contributed by atoms with Crippen LogP contribution in [0.5, 0.6) is 0 Å². The third-order valence-corrected chi connectivity index (χ3v) is 5.77. The number of carbonyl (C=O) groups is 1. The number of nitrogens with one attached hydrogen (secondary N) is 3. The highest BCUT2D eigenvalue weighted by atomic mass is 16.4. The Hall–Kier alpha value is -4.38. The Balaban J connectivity index is 1.50. The number of hydrogen-bond acceptors (Lipinski definition) is 10. The molecule has 1 atom stereocenters. The van der Waals surface area contributed by atoms with E-state index in [4.69, 9.17) is 4.42 Å². The zero-order valence-corrected chi connectivity index (χ0v) is 19.4. The number of carbonyl (C=O) groups excluding carboxylic acids is 1. The van der Waals surface area contributed by atoms with E-state index in [0.29, 0.717) is 28.8 Å². The Morgan fingerprint density at radius 1 is 1.14 bits per heavy atom. The van der Waals surface area contributed by atoms with Gasteiger partial charge in [-0.15, -0.1) is 10.2 Å². The molecule has 1 aliphatic heterocycles. The van der Waals surface area contributed by atoms with E-state index in [1.807, 2.05) is 32.0 Å². The monoisotopic (exact) mass is 472 g/mol. The number of aliphatic hydroxyl groups is 1. The summed E-state index contributed by atoms with van der Waals surface area (Å²) in [6.45, 7) is 5.42. The van der Waals surface area contributed by atoms with Crippen LogP contribution in [-0.2, 0) is 5.54 Å². The van der Waals surface area contributed by atoms with Crippen LogP contribution in [-0.4, -0.2) is 42.8 Å². The van der Waals surface area contributed by atoms with Crippen LogP contribution in [0.4, 0.5) is 17.5 Å². The van der Waals surface area contributed by atoms with E-state index in [-0.39, 0.29) is 18.4 Å². The highest BCUT2D eigenvalue weighted by Gasteiger charge is 2.35. The van der Waals surface area contributed by atoms with Crippen LogP contribution in [0.3, 0.4) is 0 Å². The number of benzene rings is 1. The average molecular weight is 473 g/mol. The molecule has 0 spiro atoms. The largest absolute Gasteiger partial charge is 0.421 e. The molecule has 1 aliphatic rings. The summed E-state index contributed by atoms with van der Waals surface area (Å²) in [6.07, 6.45) is 4.89. The molecule has 0 aliphatic carbocycles. The topological polar surface area (TPSA) is 151 Å². The van der Waals surface area contributed by atoms with Crippen molar-refractivity contribution in [3.8, 4) is 11.5 Å². The fraction of sp³-hybridized carbons (Fsp3) is 0.250. The van der Waals surface area contributed by atoms with Gasteiger partial charge in [0, 0.05) is 36.8 Å². The van der Waals surface area contributed by atoms with E-state index < -0.39 is 11.6 Å². The highest BCUT2D eigenvalue weighted by Crippen LogP contribution is 2.34. The molecule has 1 aromatic carbocycles. The molecule has 0 bridgehead atoms. The van der Waals surface area contributed by atoms with E-state index in [0.717, 1.165) is 16.8 Å². The van der Waals surface area contributed by atoms with Crippen LogP contribution in [0.2, 0.25) is 0 Å². The summed E-state index contributed by atoms with van der Waals surface area (Å²) < 4.78 is 5.60. The minimum absolute atomic E-state index is 0.0929. The lowest BCUT2D eigenvalue weighted by atomic mass is 9.94. The summed E-state index contributed by atoms with van der Waals surface area (Å²) in [7, 11) is 0. The maximum Gasteiger partial charge on any atom is 0.253 e. The highest BCUT2D eigenvalue weighted by molar-refractivity contribution is 6.00. The van der Waals surface area contributed by atoms with Crippen molar-refractivity contribution >= 4 is 23.4 Å². The second kappa shape index (κ2) is 8.76. The van der Waals surface area contributed by atoms with E-state index in [2.05, 4.69) is 41.1 Å². The predicted octanol–water partition coefficient (Wildman–Crippen LogP) is 3.10. The quantitative estimate of drug-likeness (QED) is 0.316. The van der Waals surface area contributed by atoms with Crippen molar-refractivity contribution in [2.24, 2.45) is 0 Å². The smallest absolute Gasteiger partial charge is 0.253 e. The van der Waals surface area contributed by atoms with Crippen LogP contribution < -0.4 is 16.0 Å². The van der Waals surface area contributed by atoms with Gasteiger partial charge in [0.15, 0.2) is 0 Å². The van der Waals surface area contributed by atoms with Crippen LogP contribution in [0, 0.1) is 6.92 Å². The molecule has 0 saturated heterocycles. The van der Waals surface area contributed by atoms with Crippen molar-refractivity contribution in [1.29, 1.82) is 0 Å². The Kier molecular flexibility index (Phi) is 5.61. The molecule has 35 heavy (non-hydrogen) atoms. The Morgan fingerprint density at radius 3 is 2.66 bits per heavy atom. The zero-order chi connectivity index (χ0) is 24.6. The zero-order valence-electron chi connectivity index (χ0n) is 19.4. The van der Waals surface area contributed by atoms with Crippen LogP contribution in [0.1, 0.15) is 47.3 Å². The van der Waals surface area contributed by atoms with Crippen LogP contribution >= 0.6 is 0 Å². The first kappa shape index (κ1) is 22.4. The van der Waals surface area contributed by atoms with Crippen molar-refractivity contribution in [2.45, 2.75) is 32.4 Å². The summed E-state index contributed by atoms with van der Waals surface area (Å²) in [5, 5.41) is 27.5. The Bertz CT molecular complexity index is 1390. The van der Waals surface area contributed by atoms with Crippen LogP contribution in [0.25, 0.3) is 11.5 Å². The summed E-state index contributed by atoms with van der Waals surface area (Å²) in [4.78, 5) is 25.3. The lowest BCUT2D eigenvalue weighted by Crippen LogP contribution is -2.32. The Labute approximate surface area is 201 Å². The third kappa shape index (κ3) is 4.41. The molecule has 4 heterocycles. The molecule has 4 aromatic rings. The van der Waals surface area contributed by atoms with E-state index in [1.54, 1.807) is 37.6 Å². The molecule has 1 amide bonds. The first-order chi connectivity index (χ1) is 16.8. The first-order valence-electron chi connectivity index (χ1n) is 11.0. The van der Waals surface area contributed by atoms with Crippen molar-refractivity contribution in [2.75, 3.05) is 17.2 Å². The van der Waals surface area contributed by atoms with Crippen LogP contribution in [0.15, 0.2) is 53.3 Å². The molecule has 1 unspecified atom stereocenters. The number of nitrogens with zero attached hydrogens (tertiary/aromatic N) is 5. The molecule has 0 saturated carbocycles. The average Bonchev–Trinajstić information content (AvgIpc) is 3.37. The van der Waals surface area contributed by atoms with Gasteiger partial charge in [-0.25, -0.2) is 4.98 Å². The summed E-state index contributed by atoms with van der Waals surface area (Å²) in [6, 6.07) is 8.66. The number of amides is 1. The molecule has 11 nitrogen and oxygen atoms in total. The van der Waals surface area contributed by atoms with Crippen molar-refractivity contribution in [1.82, 2.24) is 30.5 Å². The summed E-state index contributed by atoms with van der Waals surface area (Å²) in [5.41, 5.74) is 3.12. The molecular weight excluding hydrogens is 448 g/mol. The normalized spacial score (nSPS) is 14.8. The van der Waals surface area contributed by atoms with Gasteiger partial charge < -0.3 is 25.5 Å². The van der Waals surface area contributed by atoms with E-state index in [1.165, 1.54) is 0 Å². The van der Waals surface area contributed by atoms with Gasteiger partial charge in [-0.05, 0) is 55.3 Å². The molecule has 0 radical (unpaired) electrons. The van der Waals surface area contributed by atoms with Gasteiger partial charge >= 0.3 is 0 Å². The maximum atomic E-state index is 12.2. The van der Waals surface area contributed by atoms with Gasteiger partial charge in [0.2, 0.25) is 11.8 Å². The minimum Gasteiger partial charge on any atom is -0.421 e. The lowest BCUT2D eigenvalue weighted by Gasteiger charge is -2.20. The van der Waals surface area contributed by atoms with Gasteiger partial charge in [0.1, 0.15) is 5.82 Å². The third-order valence-electron chi connectivity index (χ3n) is 5.77. The fourth-order valence-electron chi connectivity index (χ4n) is 3.99. The molecular formula is C24H24N8O3. The molecule has 178 valence electrons. The van der Waals surface area contributed by atoms with Gasteiger partial charge in [0.05, 0.1) is 23.8 Å². The number of pyridine rings is 1. The number of hydrogen-bond donors (Lipinski definition) is 4. The van der Waals surface area contributed by atoms with Gasteiger partial charge in [0.25, 0.3) is 11.8 Å². The molecule has 4 N–H and O–H groups in total. The summed E-state index contributed by atoms with van der Waals surface area (Å²) in [5.74, 6) is 1.29. The maximum absolute atomic E-state index is 12.2. The number of aryl methyl sites for hydroxylation is 1. The van der Waals surface area contributed by atoms with Crippen molar-refractivity contribution in [3.63, 3.8) is 0 Å². The van der Waals surface area contributed by atoms with Crippen molar-refractivity contribution in [3.05, 3.63) is 71.5 Å². The second-order valence-corrected chi connectivity index (χ2v) is 8.71. The van der Waals surface area contributed by atoms with Gasteiger partial charge in [-0.1, -0.05) is 0 Å². The number of aromatic nitrogens is 5. The molecule has 3 aromatic heterocycles. The standard InChI is InChI=1S/C24H24N8O3/c1-13-31-32-22(35-13)17-11-26-23(29-20(17)28-19(12-33)14-6-8-25-9-7-14)27-15-4-5-16-18(10-15)24(2,3)30-21(16)34/h4-11,19,33H,12H2,1-3H3,(H,30,34)(H2,26,27,28,29). The number of aliphatic hydroxyl groups excluding tert-OH is 1. The molecule has 0 fully saturated rings. The van der Waals surface area contributed by atoms with Crippen molar-refractivity contribution < 1.29 is 14.3 Å². The first-order valence-corrected chi connectivity index (χ1v) is 11.0. The van der Waals surface area contributed by atoms with Gasteiger partial charge in [-0.2, -0.15) is 4.98 Å². The molecule has 5 rings (SSSR count). The predicted molar refractivity (Wildman–Crippen MR) is 128 cm³/mol. The lowest BCUT2D eigenvalue weighted by molar-refractivity contribution is 0.0940. The number of rotatable bonds is 7. The fourth-order valence-corrected chi connectivity index (χ4v) is 3.99. The van der Waals surface area contributed by atoms with Gasteiger partial charge in [-0.3, -0.25) is 9.78 Å². The molecule has 11 heteroatoms. The van der Waals surface area contributed by atoms with E-state index >= 15 is 0 Å². The number of fused-ring (bicyclic) bond motifs is 1. The summed E-state index contributed by atoms with van der Waals surface area (Å²) >= 11 is 0. The van der Waals surface area contributed by atoms with E-state index in [9.17, 15) is 9.90 Å². The second-order valence-electron chi connectivity index (χ2n) is 8.71. The number of anilines is 3. The Morgan fingerprint density at radius 2 is 1.94 bits per heavy atom. The minimum atomic E-state index is -0.476. The SMILES string of the molecule is Cc1nnc(-c2cnc(Nc3ccc4c(c3)C(C)(C)NC4=O)nc2NC(CO)c2ccncc2)o1.